The Hall–Kier alpha value is -4.63. The molecule has 1 N–H and O–H groups in total. The van der Waals surface area contributed by atoms with Gasteiger partial charge in [-0.2, -0.15) is 0 Å². The number of amides is 1. The predicted molar refractivity (Wildman–Crippen MR) is 168 cm³/mol. The average Bonchev–Trinajstić information content (AvgIpc) is 3.69. The number of aromatic nitrogens is 1. The Balaban J connectivity index is 1.44. The molecule has 5 aromatic rings. The Morgan fingerprint density at radius 3 is 2.63 bits per heavy atom. The molecule has 0 fully saturated rings. The third-order valence-corrected chi connectivity index (χ3v) is 8.64. The van der Waals surface area contributed by atoms with Crippen molar-refractivity contribution in [3.05, 3.63) is 94.4 Å². The van der Waals surface area contributed by atoms with Crippen LogP contribution in [0, 0.1) is 13.8 Å². The van der Waals surface area contributed by atoms with E-state index in [1.54, 1.807) is 24.3 Å². The van der Waals surface area contributed by atoms with Crippen molar-refractivity contribution < 1.29 is 28.6 Å². The van der Waals surface area contributed by atoms with E-state index in [-0.39, 0.29) is 11.3 Å². The summed E-state index contributed by atoms with van der Waals surface area (Å²) >= 11 is 1.34. The second-order valence-electron chi connectivity index (χ2n) is 10.7. The lowest BCUT2D eigenvalue weighted by molar-refractivity contribution is -0.117. The van der Waals surface area contributed by atoms with Crippen LogP contribution < -0.4 is 14.4 Å². The van der Waals surface area contributed by atoms with Gasteiger partial charge in [0.1, 0.15) is 5.75 Å². The van der Waals surface area contributed by atoms with Crippen LogP contribution in [0.5, 0.6) is 11.5 Å². The van der Waals surface area contributed by atoms with E-state index in [4.69, 9.17) is 18.9 Å². The van der Waals surface area contributed by atoms with Crippen molar-refractivity contribution in [2.75, 3.05) is 18.6 Å². The summed E-state index contributed by atoms with van der Waals surface area (Å²) < 4.78 is 18.2. The number of nitrogens with zero attached hydrogens (tertiary/aromatic N) is 2. The zero-order valence-electron chi connectivity index (χ0n) is 24.5. The van der Waals surface area contributed by atoms with E-state index in [1.807, 2.05) is 50.2 Å². The van der Waals surface area contributed by atoms with Gasteiger partial charge < -0.3 is 19.0 Å². The quantitative estimate of drug-likeness (QED) is 0.129. The van der Waals surface area contributed by atoms with Crippen LogP contribution in [0.3, 0.4) is 0 Å². The van der Waals surface area contributed by atoms with Gasteiger partial charge in [-0.25, -0.2) is 4.98 Å². The van der Waals surface area contributed by atoms with Crippen LogP contribution in [0.1, 0.15) is 59.5 Å². The SMILES string of the molecule is CCCCCOc1ccc(C2C(C(=O)c3cc4cccc(OC)c4o3)=C(O)C(=O)N2c2nc3c(C)cc(C)cc3s2)cc1. The van der Waals surface area contributed by atoms with Crippen LogP contribution in [0.25, 0.3) is 21.2 Å². The number of fused-ring (bicyclic) bond motifs is 2. The number of rotatable bonds is 10. The number of ketones is 1. The number of carbonyl (C=O) groups excluding carboxylic acids is 2. The van der Waals surface area contributed by atoms with E-state index in [9.17, 15) is 14.7 Å². The first kappa shape index (κ1) is 28.5. The molecule has 1 unspecified atom stereocenters. The fourth-order valence-corrected chi connectivity index (χ4v) is 6.71. The van der Waals surface area contributed by atoms with Crippen LogP contribution in [0.15, 0.2) is 76.4 Å². The molecule has 0 radical (unpaired) electrons. The standard InChI is InChI=1S/C34H32N2O6S/c1-5-6-7-15-41-23-13-11-21(12-14-23)29-27(30(37)25-18-22-9-8-10-24(40-4)32(22)42-25)31(38)33(39)36(29)34-35-28-20(3)16-19(2)17-26(28)43-34/h8-14,16-18,29,38H,5-7,15H2,1-4H3. The van der Waals surface area contributed by atoms with Gasteiger partial charge in [-0.1, -0.05) is 61.4 Å². The van der Waals surface area contributed by atoms with Gasteiger partial charge in [0.15, 0.2) is 28.0 Å². The molecule has 6 rings (SSSR count). The third kappa shape index (κ3) is 5.14. The smallest absolute Gasteiger partial charge is 0.296 e. The second kappa shape index (κ2) is 11.6. The molecule has 2 aromatic heterocycles. The number of para-hydroxylation sites is 1. The number of methoxy groups -OCH3 is 1. The van der Waals surface area contributed by atoms with Crippen LogP contribution in [0.2, 0.25) is 0 Å². The zero-order chi connectivity index (χ0) is 30.2. The number of ether oxygens (including phenoxy) is 2. The third-order valence-electron chi connectivity index (χ3n) is 7.64. The Morgan fingerprint density at radius 1 is 1.09 bits per heavy atom. The van der Waals surface area contributed by atoms with E-state index < -0.39 is 23.5 Å². The van der Waals surface area contributed by atoms with Gasteiger partial charge in [-0.15, -0.1) is 0 Å². The highest BCUT2D eigenvalue weighted by Crippen LogP contribution is 2.45. The molecule has 1 atom stereocenters. The number of aliphatic hydroxyl groups excluding tert-OH is 1. The van der Waals surface area contributed by atoms with E-state index >= 15 is 0 Å². The summed E-state index contributed by atoms with van der Waals surface area (Å²) in [6, 6.07) is 17.3. The molecule has 0 saturated heterocycles. The highest BCUT2D eigenvalue weighted by Gasteiger charge is 2.46. The molecule has 1 aliphatic rings. The number of furan rings is 1. The van der Waals surface area contributed by atoms with Gasteiger partial charge in [-0.3, -0.25) is 14.5 Å². The molecule has 0 bridgehead atoms. The maximum Gasteiger partial charge on any atom is 0.296 e. The highest BCUT2D eigenvalue weighted by atomic mass is 32.1. The van der Waals surface area contributed by atoms with E-state index in [0.717, 1.165) is 40.6 Å². The predicted octanol–water partition coefficient (Wildman–Crippen LogP) is 8.02. The molecular formula is C34H32N2O6S. The molecule has 220 valence electrons. The minimum atomic E-state index is -0.939. The fraction of sp³-hybridized carbons (Fsp3) is 0.265. The van der Waals surface area contributed by atoms with Crippen LogP contribution in [0.4, 0.5) is 5.13 Å². The topological polar surface area (TPSA) is 102 Å². The fourth-order valence-electron chi connectivity index (χ4n) is 5.54. The molecule has 8 nitrogen and oxygen atoms in total. The molecule has 3 heterocycles. The summed E-state index contributed by atoms with van der Waals surface area (Å²) in [5, 5.41) is 12.3. The number of carbonyl (C=O) groups is 2. The van der Waals surface area contributed by atoms with Crippen molar-refractivity contribution in [1.82, 2.24) is 4.98 Å². The van der Waals surface area contributed by atoms with Gasteiger partial charge in [0, 0.05) is 5.39 Å². The van der Waals surface area contributed by atoms with Gasteiger partial charge in [-0.05, 0) is 67.3 Å². The van der Waals surface area contributed by atoms with Gasteiger partial charge in [0.2, 0.25) is 5.78 Å². The summed E-state index contributed by atoms with van der Waals surface area (Å²) in [4.78, 5) is 34.1. The van der Waals surface area contributed by atoms with Gasteiger partial charge in [0.05, 0.1) is 35.5 Å². The molecule has 9 heteroatoms. The normalized spacial score (nSPS) is 15.2. The van der Waals surface area contributed by atoms with Crippen molar-refractivity contribution in [1.29, 1.82) is 0 Å². The number of Topliss-reactive ketones (excluding diaryl/α,β-unsaturated/α-hetero) is 1. The van der Waals surface area contributed by atoms with Gasteiger partial charge in [0.25, 0.3) is 5.91 Å². The lowest BCUT2D eigenvalue weighted by Gasteiger charge is -2.24. The summed E-state index contributed by atoms with van der Waals surface area (Å²) in [6.45, 7) is 6.72. The lowest BCUT2D eigenvalue weighted by atomic mass is 9.95. The molecular weight excluding hydrogens is 564 g/mol. The van der Waals surface area contributed by atoms with Crippen molar-refractivity contribution >= 4 is 49.3 Å². The first-order valence-electron chi connectivity index (χ1n) is 14.3. The largest absolute Gasteiger partial charge is 0.503 e. The van der Waals surface area contributed by atoms with E-state index in [0.29, 0.717) is 39.8 Å². The highest BCUT2D eigenvalue weighted by molar-refractivity contribution is 7.22. The first-order chi connectivity index (χ1) is 20.8. The van der Waals surface area contributed by atoms with E-state index in [2.05, 4.69) is 6.92 Å². The zero-order valence-corrected chi connectivity index (χ0v) is 25.3. The Labute approximate surface area is 253 Å². The van der Waals surface area contributed by atoms with E-state index in [1.165, 1.54) is 23.3 Å². The number of anilines is 1. The number of benzene rings is 3. The van der Waals surface area contributed by atoms with Crippen LogP contribution in [-0.2, 0) is 4.79 Å². The Bertz CT molecular complexity index is 1880. The van der Waals surface area contributed by atoms with Crippen molar-refractivity contribution in [2.45, 2.75) is 46.1 Å². The number of hydrogen-bond donors (Lipinski definition) is 1. The minimum absolute atomic E-state index is 0.00709. The molecule has 3 aromatic carbocycles. The average molecular weight is 597 g/mol. The molecule has 0 aliphatic carbocycles. The lowest BCUT2D eigenvalue weighted by Crippen LogP contribution is -2.30. The minimum Gasteiger partial charge on any atom is -0.503 e. The summed E-state index contributed by atoms with van der Waals surface area (Å²) in [7, 11) is 1.52. The number of aliphatic hydroxyl groups is 1. The molecule has 43 heavy (non-hydrogen) atoms. The summed E-state index contributed by atoms with van der Waals surface area (Å²) in [5.41, 5.74) is 3.80. The van der Waals surface area contributed by atoms with Gasteiger partial charge >= 0.3 is 0 Å². The van der Waals surface area contributed by atoms with Crippen LogP contribution >= 0.6 is 11.3 Å². The Morgan fingerprint density at radius 2 is 1.88 bits per heavy atom. The maximum absolute atomic E-state index is 14.1. The monoisotopic (exact) mass is 596 g/mol. The summed E-state index contributed by atoms with van der Waals surface area (Å²) in [5.74, 6) is -0.765. The summed E-state index contributed by atoms with van der Waals surface area (Å²) in [6.07, 6.45) is 3.14. The van der Waals surface area contributed by atoms with Crippen molar-refractivity contribution in [3.8, 4) is 11.5 Å². The molecule has 1 amide bonds. The van der Waals surface area contributed by atoms with Crippen LogP contribution in [-0.4, -0.2) is 35.5 Å². The van der Waals surface area contributed by atoms with Crippen molar-refractivity contribution in [3.63, 3.8) is 0 Å². The maximum atomic E-state index is 14.1. The molecule has 0 saturated carbocycles. The number of hydrogen-bond acceptors (Lipinski definition) is 8. The Kier molecular flexibility index (Phi) is 7.66. The number of aryl methyl sites for hydroxylation is 2. The van der Waals surface area contributed by atoms with Crippen molar-refractivity contribution in [2.24, 2.45) is 0 Å². The molecule has 1 aliphatic heterocycles. The molecule has 0 spiro atoms. The number of thiazole rings is 1. The first-order valence-corrected chi connectivity index (χ1v) is 15.1. The number of unbranched alkanes of at least 4 members (excludes halogenated alkanes) is 2. The second-order valence-corrected chi connectivity index (χ2v) is 11.7.